The number of benzene rings is 1. The first-order chi connectivity index (χ1) is 8.70. The van der Waals surface area contributed by atoms with Crippen molar-refractivity contribution in [3.8, 4) is 5.75 Å². The Hall–Kier alpha value is -1.53. The van der Waals surface area contributed by atoms with E-state index in [1.54, 1.807) is 11.7 Å². The smallest absolute Gasteiger partial charge is 0.191 e. The Bertz CT molecular complexity index is 494. The van der Waals surface area contributed by atoms with Crippen molar-refractivity contribution in [3.05, 3.63) is 45.9 Å². The Morgan fingerprint density at radius 2 is 2.00 bits per heavy atom. The molecule has 96 valence electrons. The summed E-state index contributed by atoms with van der Waals surface area (Å²) in [5.74, 6) is -1.77. The van der Waals surface area contributed by atoms with Crippen LogP contribution in [-0.2, 0) is 13.0 Å². The van der Waals surface area contributed by atoms with Gasteiger partial charge in [-0.25, -0.2) is 8.78 Å². The van der Waals surface area contributed by atoms with Crippen LogP contribution in [0.4, 0.5) is 8.78 Å². The van der Waals surface area contributed by atoms with Crippen LogP contribution in [0.3, 0.4) is 0 Å². The lowest BCUT2D eigenvalue weighted by atomic mass is 10.1. The summed E-state index contributed by atoms with van der Waals surface area (Å²) in [6.45, 7) is 0.453. The van der Waals surface area contributed by atoms with E-state index in [-0.39, 0.29) is 12.4 Å². The van der Waals surface area contributed by atoms with Crippen molar-refractivity contribution in [1.82, 2.24) is 4.98 Å². The largest absolute Gasteiger partial charge is 0.482 e. The van der Waals surface area contributed by atoms with E-state index < -0.39 is 11.6 Å². The maximum atomic E-state index is 13.6. The van der Waals surface area contributed by atoms with Gasteiger partial charge in [-0.05, 0) is 30.7 Å². The molecule has 1 aromatic heterocycles. The third kappa shape index (κ3) is 3.02. The Labute approximate surface area is 107 Å². The van der Waals surface area contributed by atoms with Gasteiger partial charge in [0.15, 0.2) is 17.4 Å². The molecule has 0 aliphatic carbocycles. The van der Waals surface area contributed by atoms with Crippen molar-refractivity contribution in [1.29, 1.82) is 0 Å². The van der Waals surface area contributed by atoms with Gasteiger partial charge in [0.25, 0.3) is 0 Å². The molecule has 18 heavy (non-hydrogen) atoms. The quantitative estimate of drug-likeness (QED) is 0.908. The molecule has 0 aliphatic heterocycles. The van der Waals surface area contributed by atoms with E-state index in [1.165, 1.54) is 23.5 Å². The SMILES string of the molecule is NCCc1cc(F)c(OCc2cncs2)c(F)c1. The van der Waals surface area contributed by atoms with Crippen molar-refractivity contribution in [2.24, 2.45) is 5.73 Å². The van der Waals surface area contributed by atoms with E-state index in [9.17, 15) is 8.78 Å². The molecule has 0 amide bonds. The second-order valence-electron chi connectivity index (χ2n) is 3.68. The average molecular weight is 270 g/mol. The second-order valence-corrected chi connectivity index (χ2v) is 4.65. The Morgan fingerprint density at radius 1 is 1.28 bits per heavy atom. The predicted molar refractivity (Wildman–Crippen MR) is 65.6 cm³/mol. The van der Waals surface area contributed by atoms with Gasteiger partial charge in [0.05, 0.1) is 10.4 Å². The zero-order valence-corrected chi connectivity index (χ0v) is 10.3. The monoisotopic (exact) mass is 270 g/mol. The van der Waals surface area contributed by atoms with Crippen LogP contribution in [-0.4, -0.2) is 11.5 Å². The molecule has 0 saturated heterocycles. The van der Waals surface area contributed by atoms with Crippen LogP contribution < -0.4 is 10.5 Å². The van der Waals surface area contributed by atoms with Crippen LogP contribution in [0.5, 0.6) is 5.75 Å². The normalized spacial score (nSPS) is 10.6. The molecule has 0 aliphatic rings. The van der Waals surface area contributed by atoms with E-state index in [0.717, 1.165) is 4.88 Å². The van der Waals surface area contributed by atoms with E-state index in [4.69, 9.17) is 10.5 Å². The van der Waals surface area contributed by atoms with E-state index >= 15 is 0 Å². The summed E-state index contributed by atoms with van der Waals surface area (Å²) >= 11 is 1.37. The van der Waals surface area contributed by atoms with Crippen LogP contribution in [0.2, 0.25) is 0 Å². The molecule has 0 saturated carbocycles. The number of thiazole rings is 1. The molecule has 2 N–H and O–H groups in total. The van der Waals surface area contributed by atoms with Gasteiger partial charge in [-0.15, -0.1) is 11.3 Å². The Morgan fingerprint density at radius 3 is 2.56 bits per heavy atom. The maximum Gasteiger partial charge on any atom is 0.191 e. The minimum atomic E-state index is -0.706. The molecule has 0 bridgehead atoms. The number of nitrogens with two attached hydrogens (primary N) is 1. The van der Waals surface area contributed by atoms with Crippen LogP contribution in [0.1, 0.15) is 10.4 Å². The summed E-state index contributed by atoms with van der Waals surface area (Å²) in [6.07, 6.45) is 2.03. The van der Waals surface area contributed by atoms with Crippen LogP contribution in [0.25, 0.3) is 0 Å². The third-order valence-corrected chi connectivity index (χ3v) is 3.09. The van der Waals surface area contributed by atoms with Crippen molar-refractivity contribution >= 4 is 11.3 Å². The molecule has 2 rings (SSSR count). The summed E-state index contributed by atoms with van der Waals surface area (Å²) in [7, 11) is 0. The third-order valence-electron chi connectivity index (χ3n) is 2.33. The Balaban J connectivity index is 2.12. The number of hydrogen-bond acceptors (Lipinski definition) is 4. The number of aromatic nitrogens is 1. The minimum absolute atomic E-state index is 0.106. The maximum absolute atomic E-state index is 13.6. The molecule has 3 nitrogen and oxygen atoms in total. The van der Waals surface area contributed by atoms with E-state index in [2.05, 4.69) is 4.98 Å². The molecule has 0 spiro atoms. The van der Waals surface area contributed by atoms with Gasteiger partial charge in [-0.3, -0.25) is 4.98 Å². The first-order valence-electron chi connectivity index (χ1n) is 5.39. The number of hydrogen-bond donors (Lipinski definition) is 1. The second kappa shape index (κ2) is 5.88. The number of rotatable bonds is 5. The summed E-state index contributed by atoms with van der Waals surface area (Å²) in [4.78, 5) is 4.66. The zero-order valence-electron chi connectivity index (χ0n) is 9.53. The fraction of sp³-hybridized carbons (Fsp3) is 0.250. The molecule has 1 heterocycles. The number of halogens is 2. The Kier molecular flexibility index (Phi) is 4.22. The van der Waals surface area contributed by atoms with Crippen molar-refractivity contribution in [2.45, 2.75) is 13.0 Å². The highest BCUT2D eigenvalue weighted by molar-refractivity contribution is 7.09. The van der Waals surface area contributed by atoms with Gasteiger partial charge in [0.2, 0.25) is 0 Å². The molecule has 2 aromatic rings. The molecule has 0 atom stereocenters. The van der Waals surface area contributed by atoms with Gasteiger partial charge in [0, 0.05) is 6.20 Å². The van der Waals surface area contributed by atoms with Crippen molar-refractivity contribution < 1.29 is 13.5 Å². The van der Waals surface area contributed by atoms with Crippen molar-refractivity contribution in [2.75, 3.05) is 6.54 Å². The molecule has 0 unspecified atom stereocenters. The lowest BCUT2D eigenvalue weighted by Crippen LogP contribution is -2.05. The molecule has 0 radical (unpaired) electrons. The molecule has 6 heteroatoms. The first kappa shape index (κ1) is 12.9. The molecular weight excluding hydrogens is 258 g/mol. The van der Waals surface area contributed by atoms with Gasteiger partial charge in [-0.1, -0.05) is 0 Å². The lowest BCUT2D eigenvalue weighted by molar-refractivity contribution is 0.276. The summed E-state index contributed by atoms with van der Waals surface area (Å²) < 4.78 is 32.4. The van der Waals surface area contributed by atoms with Crippen LogP contribution >= 0.6 is 11.3 Å². The van der Waals surface area contributed by atoms with Gasteiger partial charge >= 0.3 is 0 Å². The molecule has 0 fully saturated rings. The average Bonchev–Trinajstić information content (AvgIpc) is 2.81. The van der Waals surface area contributed by atoms with Crippen molar-refractivity contribution in [3.63, 3.8) is 0 Å². The van der Waals surface area contributed by atoms with E-state index in [1.807, 2.05) is 0 Å². The standard InChI is InChI=1S/C12H12F2N2OS/c13-10-3-8(1-2-15)4-11(14)12(10)17-6-9-5-16-7-18-9/h3-5,7H,1-2,6,15H2. The fourth-order valence-electron chi connectivity index (χ4n) is 1.52. The molecular formula is C12H12F2N2OS. The topological polar surface area (TPSA) is 48.1 Å². The van der Waals surface area contributed by atoms with E-state index in [0.29, 0.717) is 18.5 Å². The zero-order chi connectivity index (χ0) is 13.0. The predicted octanol–water partition coefficient (Wildman–Crippen LogP) is 2.50. The highest BCUT2D eigenvalue weighted by Gasteiger charge is 2.13. The number of nitrogens with zero attached hydrogens (tertiary/aromatic N) is 1. The minimum Gasteiger partial charge on any atom is -0.482 e. The molecule has 1 aromatic carbocycles. The number of ether oxygens (including phenoxy) is 1. The summed E-state index contributed by atoms with van der Waals surface area (Å²) in [5.41, 5.74) is 7.50. The van der Waals surface area contributed by atoms with Crippen LogP contribution in [0.15, 0.2) is 23.8 Å². The summed E-state index contributed by atoms with van der Waals surface area (Å²) in [5, 5.41) is 0. The summed E-state index contributed by atoms with van der Waals surface area (Å²) in [6, 6.07) is 2.50. The highest BCUT2D eigenvalue weighted by atomic mass is 32.1. The van der Waals surface area contributed by atoms with Crippen LogP contribution in [0, 0.1) is 11.6 Å². The first-order valence-corrected chi connectivity index (χ1v) is 6.27. The van der Waals surface area contributed by atoms with Gasteiger partial charge in [0.1, 0.15) is 6.61 Å². The highest BCUT2D eigenvalue weighted by Crippen LogP contribution is 2.24. The van der Waals surface area contributed by atoms with Gasteiger partial charge in [-0.2, -0.15) is 0 Å². The van der Waals surface area contributed by atoms with Gasteiger partial charge < -0.3 is 10.5 Å². The fourth-order valence-corrected chi connectivity index (χ4v) is 2.02. The lowest BCUT2D eigenvalue weighted by Gasteiger charge is -2.09.